The third-order valence-corrected chi connectivity index (χ3v) is 4.12. The maximum absolute atomic E-state index is 12.2. The van der Waals surface area contributed by atoms with Crippen LogP contribution in [0.4, 0.5) is 0 Å². The summed E-state index contributed by atoms with van der Waals surface area (Å²) in [6.07, 6.45) is 3.35. The van der Waals surface area contributed by atoms with Crippen LogP contribution in [0.25, 0.3) is 0 Å². The van der Waals surface area contributed by atoms with Gasteiger partial charge in [-0.3, -0.25) is 4.79 Å². The minimum absolute atomic E-state index is 0.0284. The molecule has 19 heavy (non-hydrogen) atoms. The fourth-order valence-corrected chi connectivity index (χ4v) is 2.78. The molecule has 0 radical (unpaired) electrons. The minimum atomic E-state index is 0.0284. The summed E-state index contributed by atoms with van der Waals surface area (Å²) in [6, 6.07) is 8.15. The Morgan fingerprint density at radius 1 is 1.32 bits per heavy atom. The lowest BCUT2D eigenvalue weighted by Crippen LogP contribution is -2.39. The van der Waals surface area contributed by atoms with Gasteiger partial charge in [-0.05, 0) is 48.9 Å². The molecule has 3 N–H and O–H groups in total. The van der Waals surface area contributed by atoms with Crippen LogP contribution in [0, 0.1) is 5.92 Å². The standard InChI is InChI=1S/C16H24N2O/c1-11(2)12-6-8-13(9-7-12)16(19)18-15-5-3-4-14(15)10-17/h6-9,11,14-15H,3-5,10,17H2,1-2H3,(H,18,19). The monoisotopic (exact) mass is 260 g/mol. The zero-order valence-electron chi connectivity index (χ0n) is 11.9. The molecule has 1 aliphatic carbocycles. The molecule has 0 aliphatic heterocycles. The van der Waals surface area contributed by atoms with Gasteiger partial charge in [-0.2, -0.15) is 0 Å². The Kier molecular flexibility index (Phi) is 4.59. The van der Waals surface area contributed by atoms with Crippen molar-refractivity contribution in [3.8, 4) is 0 Å². The van der Waals surface area contributed by atoms with E-state index in [9.17, 15) is 4.79 Å². The second-order valence-electron chi connectivity index (χ2n) is 5.78. The van der Waals surface area contributed by atoms with Crippen LogP contribution in [0.15, 0.2) is 24.3 Å². The van der Waals surface area contributed by atoms with E-state index in [0.29, 0.717) is 18.4 Å². The van der Waals surface area contributed by atoms with Crippen LogP contribution >= 0.6 is 0 Å². The molecule has 104 valence electrons. The van der Waals surface area contributed by atoms with Gasteiger partial charge in [0.15, 0.2) is 0 Å². The summed E-state index contributed by atoms with van der Waals surface area (Å²) in [5.74, 6) is 0.966. The number of nitrogens with two attached hydrogens (primary N) is 1. The lowest BCUT2D eigenvalue weighted by atomic mass is 10.0. The van der Waals surface area contributed by atoms with E-state index in [1.807, 2.05) is 24.3 Å². The highest BCUT2D eigenvalue weighted by Crippen LogP contribution is 2.25. The molecule has 0 heterocycles. The predicted molar refractivity (Wildman–Crippen MR) is 78.2 cm³/mol. The molecule has 1 aliphatic rings. The third-order valence-electron chi connectivity index (χ3n) is 4.12. The lowest BCUT2D eigenvalue weighted by Gasteiger charge is -2.19. The topological polar surface area (TPSA) is 55.1 Å². The number of benzene rings is 1. The van der Waals surface area contributed by atoms with Crippen LogP contribution in [-0.4, -0.2) is 18.5 Å². The molecule has 1 aromatic rings. The van der Waals surface area contributed by atoms with Gasteiger partial charge in [-0.1, -0.05) is 32.4 Å². The molecular weight excluding hydrogens is 236 g/mol. The highest BCUT2D eigenvalue weighted by atomic mass is 16.1. The third kappa shape index (κ3) is 3.35. The summed E-state index contributed by atoms with van der Waals surface area (Å²) in [5, 5.41) is 3.13. The zero-order valence-corrected chi connectivity index (χ0v) is 11.9. The van der Waals surface area contributed by atoms with Gasteiger partial charge in [0.1, 0.15) is 0 Å². The van der Waals surface area contributed by atoms with Crippen molar-refractivity contribution >= 4 is 5.91 Å². The fraction of sp³-hybridized carbons (Fsp3) is 0.562. The summed E-state index contributed by atoms with van der Waals surface area (Å²) in [5.41, 5.74) is 7.74. The van der Waals surface area contributed by atoms with E-state index in [1.165, 1.54) is 12.0 Å². The Hall–Kier alpha value is -1.35. The van der Waals surface area contributed by atoms with Crippen LogP contribution in [0.3, 0.4) is 0 Å². The highest BCUT2D eigenvalue weighted by molar-refractivity contribution is 5.94. The van der Waals surface area contributed by atoms with Gasteiger partial charge in [0.2, 0.25) is 0 Å². The normalized spacial score (nSPS) is 22.7. The molecule has 0 spiro atoms. The summed E-state index contributed by atoms with van der Waals surface area (Å²) < 4.78 is 0. The van der Waals surface area contributed by atoms with E-state index < -0.39 is 0 Å². The molecule has 2 atom stereocenters. The number of nitrogens with one attached hydrogen (secondary N) is 1. The molecule has 3 heteroatoms. The zero-order chi connectivity index (χ0) is 13.8. The Balaban J connectivity index is 1.99. The highest BCUT2D eigenvalue weighted by Gasteiger charge is 2.27. The van der Waals surface area contributed by atoms with Crippen LogP contribution < -0.4 is 11.1 Å². The van der Waals surface area contributed by atoms with Gasteiger partial charge in [-0.25, -0.2) is 0 Å². The first-order valence-corrected chi connectivity index (χ1v) is 7.22. The molecule has 2 unspecified atom stereocenters. The van der Waals surface area contributed by atoms with E-state index >= 15 is 0 Å². The van der Waals surface area contributed by atoms with Gasteiger partial charge in [0.25, 0.3) is 5.91 Å². The first-order valence-electron chi connectivity index (χ1n) is 7.22. The van der Waals surface area contributed by atoms with E-state index in [2.05, 4.69) is 19.2 Å². The molecule has 1 amide bonds. The molecule has 1 aromatic carbocycles. The molecule has 0 bridgehead atoms. The molecule has 0 saturated heterocycles. The van der Waals surface area contributed by atoms with Crippen LogP contribution in [0.2, 0.25) is 0 Å². The average molecular weight is 260 g/mol. The Morgan fingerprint density at radius 3 is 2.58 bits per heavy atom. The van der Waals surface area contributed by atoms with Gasteiger partial charge < -0.3 is 11.1 Å². The Bertz CT molecular complexity index is 425. The van der Waals surface area contributed by atoms with Crippen molar-refractivity contribution in [2.45, 2.75) is 45.1 Å². The smallest absolute Gasteiger partial charge is 0.251 e. The van der Waals surface area contributed by atoms with E-state index in [0.717, 1.165) is 18.4 Å². The Morgan fingerprint density at radius 2 is 2.00 bits per heavy atom. The second-order valence-corrected chi connectivity index (χ2v) is 5.78. The Labute approximate surface area is 115 Å². The minimum Gasteiger partial charge on any atom is -0.349 e. The van der Waals surface area contributed by atoms with Gasteiger partial charge in [0, 0.05) is 11.6 Å². The first kappa shape index (κ1) is 14.1. The van der Waals surface area contributed by atoms with Crippen LogP contribution in [0.5, 0.6) is 0 Å². The molecule has 0 aromatic heterocycles. The van der Waals surface area contributed by atoms with Gasteiger partial charge in [0.05, 0.1) is 0 Å². The quantitative estimate of drug-likeness (QED) is 0.874. The van der Waals surface area contributed by atoms with Gasteiger partial charge >= 0.3 is 0 Å². The van der Waals surface area contributed by atoms with E-state index in [4.69, 9.17) is 5.73 Å². The van der Waals surface area contributed by atoms with E-state index in [-0.39, 0.29) is 11.9 Å². The number of hydrogen-bond acceptors (Lipinski definition) is 2. The van der Waals surface area contributed by atoms with Crippen molar-refractivity contribution in [1.82, 2.24) is 5.32 Å². The maximum atomic E-state index is 12.2. The molecule has 3 nitrogen and oxygen atoms in total. The summed E-state index contributed by atoms with van der Waals surface area (Å²) in [4.78, 5) is 12.2. The summed E-state index contributed by atoms with van der Waals surface area (Å²) >= 11 is 0. The van der Waals surface area contributed by atoms with E-state index in [1.54, 1.807) is 0 Å². The lowest BCUT2D eigenvalue weighted by molar-refractivity contribution is 0.0929. The number of hydrogen-bond donors (Lipinski definition) is 2. The SMILES string of the molecule is CC(C)c1ccc(C(=O)NC2CCCC2CN)cc1. The van der Waals surface area contributed by atoms with Crippen molar-refractivity contribution in [3.05, 3.63) is 35.4 Å². The predicted octanol–water partition coefficient (Wildman–Crippen LogP) is 2.67. The molecule has 1 saturated carbocycles. The second kappa shape index (κ2) is 6.20. The number of carbonyl (C=O) groups is 1. The van der Waals surface area contributed by atoms with Crippen molar-refractivity contribution in [2.75, 3.05) is 6.54 Å². The average Bonchev–Trinajstić information content (AvgIpc) is 2.86. The molecular formula is C16H24N2O. The number of rotatable bonds is 4. The van der Waals surface area contributed by atoms with Crippen molar-refractivity contribution < 1.29 is 4.79 Å². The summed E-state index contributed by atoms with van der Waals surface area (Å²) in [7, 11) is 0. The molecule has 1 fully saturated rings. The maximum Gasteiger partial charge on any atom is 0.251 e. The molecule has 2 rings (SSSR count). The van der Waals surface area contributed by atoms with Crippen LogP contribution in [0.1, 0.15) is 54.9 Å². The number of amides is 1. The first-order chi connectivity index (χ1) is 9.11. The van der Waals surface area contributed by atoms with Gasteiger partial charge in [-0.15, -0.1) is 0 Å². The fourth-order valence-electron chi connectivity index (χ4n) is 2.78. The van der Waals surface area contributed by atoms with Crippen molar-refractivity contribution in [2.24, 2.45) is 11.7 Å². The van der Waals surface area contributed by atoms with Crippen molar-refractivity contribution in [1.29, 1.82) is 0 Å². The summed E-state index contributed by atoms with van der Waals surface area (Å²) in [6.45, 7) is 4.97. The largest absolute Gasteiger partial charge is 0.349 e. The van der Waals surface area contributed by atoms with Crippen molar-refractivity contribution in [3.63, 3.8) is 0 Å². The number of carbonyl (C=O) groups excluding carboxylic acids is 1. The van der Waals surface area contributed by atoms with Crippen LogP contribution in [-0.2, 0) is 0 Å².